The third kappa shape index (κ3) is 2.53. The maximum Gasteiger partial charge on any atom is 0.322 e. The Kier molecular flexibility index (Phi) is 3.84. The van der Waals surface area contributed by atoms with Crippen LogP contribution in [-0.2, 0) is 0 Å². The molecule has 6 heteroatoms. The van der Waals surface area contributed by atoms with E-state index in [0.29, 0.717) is 5.69 Å². The molecule has 2 amide bonds. The number of urea groups is 1. The van der Waals surface area contributed by atoms with E-state index in [2.05, 4.69) is 22.3 Å². The largest absolute Gasteiger partial charge is 0.394 e. The van der Waals surface area contributed by atoms with Gasteiger partial charge in [-0.2, -0.15) is 0 Å². The number of nitrogens with zero attached hydrogens (tertiary/aromatic N) is 2. The summed E-state index contributed by atoms with van der Waals surface area (Å²) in [6.45, 7) is 0.630. The number of amides is 2. The molecule has 2 heterocycles. The molecular weight excluding hydrogens is 321 g/mol. The van der Waals surface area contributed by atoms with Crippen LogP contribution in [0, 0.1) is 5.82 Å². The van der Waals surface area contributed by atoms with E-state index in [1.807, 2.05) is 19.2 Å². The SMILES string of the molecule is CN1C[C@@H]2[C@H](c3ccccc31)[C@H](CO)N2C(=O)Nc1ccc(F)cc1. The Morgan fingerprint density at radius 2 is 1.96 bits per heavy atom. The van der Waals surface area contributed by atoms with Crippen molar-refractivity contribution in [2.24, 2.45) is 0 Å². The third-order valence-corrected chi connectivity index (χ3v) is 5.23. The van der Waals surface area contributed by atoms with Crippen molar-refractivity contribution in [1.82, 2.24) is 4.90 Å². The van der Waals surface area contributed by atoms with Crippen LogP contribution in [0.1, 0.15) is 11.5 Å². The molecule has 25 heavy (non-hydrogen) atoms. The number of nitrogens with one attached hydrogen (secondary N) is 1. The summed E-state index contributed by atoms with van der Waals surface area (Å²) in [4.78, 5) is 16.6. The zero-order valence-corrected chi connectivity index (χ0v) is 13.9. The molecule has 0 saturated carbocycles. The van der Waals surface area contributed by atoms with Gasteiger partial charge in [0.2, 0.25) is 0 Å². The first-order chi connectivity index (χ1) is 12.1. The first-order valence-electron chi connectivity index (χ1n) is 8.36. The highest BCUT2D eigenvalue weighted by molar-refractivity contribution is 5.91. The highest BCUT2D eigenvalue weighted by atomic mass is 19.1. The highest BCUT2D eigenvalue weighted by Gasteiger charge is 2.54. The van der Waals surface area contributed by atoms with Gasteiger partial charge in [0.15, 0.2) is 0 Å². The van der Waals surface area contributed by atoms with Gasteiger partial charge in [0.05, 0.1) is 18.7 Å². The monoisotopic (exact) mass is 341 g/mol. The van der Waals surface area contributed by atoms with Gasteiger partial charge < -0.3 is 20.2 Å². The molecule has 0 aliphatic carbocycles. The van der Waals surface area contributed by atoms with E-state index in [-0.39, 0.29) is 36.5 Å². The van der Waals surface area contributed by atoms with Gasteiger partial charge in [-0.15, -0.1) is 0 Å². The second-order valence-electron chi connectivity index (χ2n) is 6.63. The fourth-order valence-electron chi connectivity index (χ4n) is 4.08. The number of aliphatic hydroxyl groups is 1. The molecular formula is C19H20FN3O2. The molecule has 0 unspecified atom stereocenters. The second kappa shape index (κ2) is 6.04. The minimum absolute atomic E-state index is 0.0116. The lowest BCUT2D eigenvalue weighted by Crippen LogP contribution is -2.70. The number of anilines is 2. The van der Waals surface area contributed by atoms with Gasteiger partial charge in [-0.1, -0.05) is 18.2 Å². The van der Waals surface area contributed by atoms with E-state index in [0.717, 1.165) is 12.2 Å². The molecule has 2 N–H and O–H groups in total. The highest BCUT2D eigenvalue weighted by Crippen LogP contribution is 2.47. The van der Waals surface area contributed by atoms with Gasteiger partial charge in [0, 0.05) is 30.9 Å². The second-order valence-corrected chi connectivity index (χ2v) is 6.63. The maximum absolute atomic E-state index is 13.0. The predicted molar refractivity (Wildman–Crippen MR) is 94.4 cm³/mol. The predicted octanol–water partition coefficient (Wildman–Crippen LogP) is 2.64. The number of aliphatic hydroxyl groups excluding tert-OH is 1. The lowest BCUT2D eigenvalue weighted by molar-refractivity contribution is -0.00226. The average molecular weight is 341 g/mol. The zero-order valence-electron chi connectivity index (χ0n) is 13.9. The van der Waals surface area contributed by atoms with Crippen molar-refractivity contribution in [3.05, 3.63) is 59.9 Å². The van der Waals surface area contributed by atoms with Crippen LogP contribution in [0.15, 0.2) is 48.5 Å². The number of likely N-dealkylation sites (tertiary alicyclic amines) is 1. The minimum Gasteiger partial charge on any atom is -0.394 e. The van der Waals surface area contributed by atoms with Crippen LogP contribution in [-0.4, -0.2) is 48.3 Å². The molecule has 2 aromatic rings. The van der Waals surface area contributed by atoms with Crippen molar-refractivity contribution < 1.29 is 14.3 Å². The summed E-state index contributed by atoms with van der Waals surface area (Å²) in [6.07, 6.45) is 0. The van der Waals surface area contributed by atoms with E-state index in [1.54, 1.807) is 4.90 Å². The number of para-hydroxylation sites is 1. The summed E-state index contributed by atoms with van der Waals surface area (Å²) in [5.74, 6) is -0.211. The molecule has 130 valence electrons. The number of hydrogen-bond donors (Lipinski definition) is 2. The number of carbonyl (C=O) groups excluding carboxylic acids is 1. The lowest BCUT2D eigenvalue weighted by atomic mass is 9.72. The number of halogens is 1. The standard InChI is InChI=1S/C19H20FN3O2/c1-22-10-16-18(14-4-2-3-5-15(14)22)17(11-24)23(16)19(25)21-13-8-6-12(20)7-9-13/h2-9,16-18,24H,10-11H2,1H3,(H,21,25)/t16-,17+,18+/m1/s1. The number of likely N-dealkylation sites (N-methyl/N-ethyl adjacent to an activating group) is 1. The molecule has 4 rings (SSSR count). The van der Waals surface area contributed by atoms with Crippen LogP contribution < -0.4 is 10.2 Å². The minimum atomic E-state index is -0.347. The van der Waals surface area contributed by atoms with Crippen molar-refractivity contribution in [3.8, 4) is 0 Å². The van der Waals surface area contributed by atoms with Gasteiger partial charge in [-0.25, -0.2) is 9.18 Å². The Morgan fingerprint density at radius 3 is 2.68 bits per heavy atom. The van der Waals surface area contributed by atoms with Gasteiger partial charge in [0.25, 0.3) is 0 Å². The van der Waals surface area contributed by atoms with E-state index in [4.69, 9.17) is 0 Å². The van der Waals surface area contributed by atoms with Crippen molar-refractivity contribution in [1.29, 1.82) is 0 Å². The topological polar surface area (TPSA) is 55.8 Å². The molecule has 1 saturated heterocycles. The van der Waals surface area contributed by atoms with Gasteiger partial charge in [-0.05, 0) is 35.9 Å². The van der Waals surface area contributed by atoms with Crippen LogP contribution in [0.2, 0.25) is 0 Å². The Morgan fingerprint density at radius 1 is 1.24 bits per heavy atom. The number of fused-ring (bicyclic) bond motifs is 3. The quantitative estimate of drug-likeness (QED) is 0.883. The average Bonchev–Trinajstić information content (AvgIpc) is 2.60. The smallest absolute Gasteiger partial charge is 0.322 e. The Hall–Kier alpha value is -2.60. The molecule has 0 bridgehead atoms. The van der Waals surface area contributed by atoms with Crippen molar-refractivity contribution in [2.45, 2.75) is 18.0 Å². The van der Waals surface area contributed by atoms with E-state index < -0.39 is 0 Å². The van der Waals surface area contributed by atoms with Crippen molar-refractivity contribution in [2.75, 3.05) is 30.4 Å². The first kappa shape index (κ1) is 15.9. The molecule has 0 aromatic heterocycles. The van der Waals surface area contributed by atoms with Crippen LogP contribution >= 0.6 is 0 Å². The fourth-order valence-corrected chi connectivity index (χ4v) is 4.08. The molecule has 2 aliphatic heterocycles. The van der Waals surface area contributed by atoms with Gasteiger partial charge >= 0.3 is 6.03 Å². The fraction of sp³-hybridized carbons (Fsp3) is 0.316. The zero-order chi connectivity index (χ0) is 17.6. The summed E-state index contributed by atoms with van der Waals surface area (Å²) in [7, 11) is 2.01. The Balaban J connectivity index is 1.58. The van der Waals surface area contributed by atoms with Crippen molar-refractivity contribution >= 4 is 17.4 Å². The summed E-state index contributed by atoms with van der Waals surface area (Å²) in [6, 6.07) is 13.3. The lowest BCUT2D eigenvalue weighted by Gasteiger charge is -2.58. The van der Waals surface area contributed by atoms with E-state index in [1.165, 1.54) is 29.8 Å². The first-order valence-corrected chi connectivity index (χ1v) is 8.36. The molecule has 0 spiro atoms. The van der Waals surface area contributed by atoms with Gasteiger partial charge in [0.1, 0.15) is 5.82 Å². The van der Waals surface area contributed by atoms with Crippen LogP contribution in [0.3, 0.4) is 0 Å². The molecule has 2 aliphatic rings. The number of hydrogen-bond acceptors (Lipinski definition) is 3. The van der Waals surface area contributed by atoms with Crippen LogP contribution in [0.5, 0.6) is 0 Å². The Labute approximate surface area is 145 Å². The molecule has 3 atom stereocenters. The summed E-state index contributed by atoms with van der Waals surface area (Å²) in [5.41, 5.74) is 2.86. The van der Waals surface area contributed by atoms with E-state index >= 15 is 0 Å². The molecule has 5 nitrogen and oxygen atoms in total. The summed E-state index contributed by atoms with van der Waals surface area (Å²) < 4.78 is 13.0. The van der Waals surface area contributed by atoms with Crippen molar-refractivity contribution in [3.63, 3.8) is 0 Å². The number of rotatable bonds is 2. The summed E-state index contributed by atoms with van der Waals surface area (Å²) in [5, 5.41) is 12.7. The number of benzene rings is 2. The molecule has 0 radical (unpaired) electrons. The van der Waals surface area contributed by atoms with Crippen LogP contribution in [0.4, 0.5) is 20.6 Å². The Bertz CT molecular complexity index is 796. The van der Waals surface area contributed by atoms with Crippen LogP contribution in [0.25, 0.3) is 0 Å². The van der Waals surface area contributed by atoms with Gasteiger partial charge in [-0.3, -0.25) is 0 Å². The third-order valence-electron chi connectivity index (χ3n) is 5.23. The number of carbonyl (C=O) groups is 1. The molecule has 2 aromatic carbocycles. The molecule has 1 fully saturated rings. The normalized spacial score (nSPS) is 24.2. The van der Waals surface area contributed by atoms with E-state index in [9.17, 15) is 14.3 Å². The maximum atomic E-state index is 13.0. The summed E-state index contributed by atoms with van der Waals surface area (Å²) >= 11 is 0.